The molecule has 1 aliphatic heterocycles. The van der Waals surface area contributed by atoms with E-state index in [9.17, 15) is 14.7 Å². The average molecular weight is 566 g/mol. The Labute approximate surface area is 234 Å². The highest BCUT2D eigenvalue weighted by molar-refractivity contribution is 5.86. The zero-order chi connectivity index (χ0) is 28.9. The molecule has 4 heterocycles. The maximum atomic E-state index is 15.8. The van der Waals surface area contributed by atoms with Crippen LogP contribution in [0.2, 0.25) is 0 Å². The number of carbonyl (C=O) groups excluding carboxylic acids is 1. The van der Waals surface area contributed by atoms with Crippen LogP contribution >= 0.6 is 0 Å². The summed E-state index contributed by atoms with van der Waals surface area (Å²) in [4.78, 5) is 29.8. The Bertz CT molecular complexity index is 1640. The number of fused-ring (bicyclic) bond motifs is 1. The van der Waals surface area contributed by atoms with Gasteiger partial charge in [0.25, 0.3) is 0 Å². The Morgan fingerprint density at radius 2 is 1.93 bits per heavy atom. The number of benzene rings is 1. The van der Waals surface area contributed by atoms with Gasteiger partial charge in [0.15, 0.2) is 0 Å². The molecule has 1 N–H and O–H groups in total. The highest BCUT2D eigenvalue weighted by atomic mass is 19.1. The molecule has 1 amide bonds. The smallest absolute Gasteiger partial charge is 0.407 e. The molecule has 0 radical (unpaired) electrons. The van der Waals surface area contributed by atoms with Crippen LogP contribution in [0.15, 0.2) is 42.7 Å². The number of pyridine rings is 1. The number of carboxylic acid groups (broad SMARTS) is 1. The van der Waals surface area contributed by atoms with E-state index in [1.807, 2.05) is 19.1 Å². The van der Waals surface area contributed by atoms with E-state index in [1.54, 1.807) is 29.8 Å². The Morgan fingerprint density at radius 3 is 2.61 bits per heavy atom. The fourth-order valence-electron chi connectivity index (χ4n) is 5.43. The summed E-state index contributed by atoms with van der Waals surface area (Å²) in [5.41, 5.74) is 1.61. The van der Waals surface area contributed by atoms with Gasteiger partial charge in [0.05, 0.1) is 54.2 Å². The number of rotatable bonds is 7. The minimum Gasteiger partial charge on any atom is -0.465 e. The van der Waals surface area contributed by atoms with Crippen LogP contribution in [0.25, 0.3) is 22.6 Å². The molecule has 1 saturated carbocycles. The molecule has 6 rings (SSSR count). The third kappa shape index (κ3) is 4.82. The second kappa shape index (κ2) is 10.3. The SMILES string of the molecule is CCOC(=O)C1(c2ccn(-c3cc(F)c(-c4nc5cc(C)ccn5c4C[C@H]4CN(C(=O)O)CCO4)c(F)c3)n2)CC1. The number of ether oxygens (including phenoxy) is 2. The van der Waals surface area contributed by atoms with E-state index in [1.165, 1.54) is 21.7 Å². The maximum absolute atomic E-state index is 15.8. The molecule has 0 spiro atoms. The summed E-state index contributed by atoms with van der Waals surface area (Å²) < 4.78 is 45.7. The molecular formula is C29H29F2N5O5. The minimum atomic E-state index is -1.04. The van der Waals surface area contributed by atoms with Gasteiger partial charge in [0, 0.05) is 37.5 Å². The molecule has 1 saturated heterocycles. The largest absolute Gasteiger partial charge is 0.465 e. The summed E-state index contributed by atoms with van der Waals surface area (Å²) in [5.74, 6) is -2.01. The standard InChI is InChI=1S/C29H29F2N5O5/c1-3-40-27(37)29(6-7-29)23-5-9-36(33-23)18-13-20(30)25(21(31)14-18)26-22(35-8-4-17(2)12-24(35)32-26)15-19-16-34(28(38)39)10-11-41-19/h4-5,8-9,12-14,19H,3,6-7,10-11,15-16H2,1-2H3,(H,38,39)/t19-/m0/s1. The lowest BCUT2D eigenvalue weighted by atomic mass is 10.0. The number of esters is 1. The van der Waals surface area contributed by atoms with E-state index in [0.29, 0.717) is 29.9 Å². The number of imidazole rings is 1. The van der Waals surface area contributed by atoms with Gasteiger partial charge in [-0.05, 0) is 50.5 Å². The number of carbonyl (C=O) groups is 2. The molecule has 0 unspecified atom stereocenters. The van der Waals surface area contributed by atoms with Gasteiger partial charge in [-0.3, -0.25) is 4.79 Å². The van der Waals surface area contributed by atoms with Crippen molar-refractivity contribution in [1.82, 2.24) is 24.1 Å². The first-order valence-electron chi connectivity index (χ1n) is 13.5. The molecule has 41 heavy (non-hydrogen) atoms. The van der Waals surface area contributed by atoms with Crippen molar-refractivity contribution in [1.29, 1.82) is 0 Å². The summed E-state index contributed by atoms with van der Waals surface area (Å²) in [6.45, 7) is 4.50. The molecule has 0 bridgehead atoms. The van der Waals surface area contributed by atoms with Crippen LogP contribution in [0, 0.1) is 18.6 Å². The maximum Gasteiger partial charge on any atom is 0.407 e. The van der Waals surface area contributed by atoms with Crippen LogP contribution in [-0.2, 0) is 26.1 Å². The lowest BCUT2D eigenvalue weighted by Crippen LogP contribution is -2.45. The predicted molar refractivity (Wildman–Crippen MR) is 143 cm³/mol. The quantitative estimate of drug-likeness (QED) is 0.333. The number of hydrogen-bond acceptors (Lipinski definition) is 6. The predicted octanol–water partition coefficient (Wildman–Crippen LogP) is 4.29. The summed E-state index contributed by atoms with van der Waals surface area (Å²) in [6, 6.07) is 7.70. The topological polar surface area (TPSA) is 111 Å². The molecule has 4 aromatic rings. The van der Waals surface area contributed by atoms with Crippen LogP contribution < -0.4 is 0 Å². The molecule has 12 heteroatoms. The first-order chi connectivity index (χ1) is 19.7. The van der Waals surface area contributed by atoms with Crippen molar-refractivity contribution >= 4 is 17.7 Å². The van der Waals surface area contributed by atoms with E-state index in [4.69, 9.17) is 9.47 Å². The summed E-state index contributed by atoms with van der Waals surface area (Å²) in [6.07, 6.45) is 3.20. The second-order valence-corrected chi connectivity index (χ2v) is 10.5. The number of aryl methyl sites for hydroxylation is 1. The Kier molecular flexibility index (Phi) is 6.72. The van der Waals surface area contributed by atoms with Gasteiger partial charge in [-0.15, -0.1) is 0 Å². The van der Waals surface area contributed by atoms with Gasteiger partial charge in [-0.25, -0.2) is 23.2 Å². The lowest BCUT2D eigenvalue weighted by Gasteiger charge is -2.31. The van der Waals surface area contributed by atoms with E-state index in [0.717, 1.165) is 5.56 Å². The number of halogens is 2. The van der Waals surface area contributed by atoms with Gasteiger partial charge < -0.3 is 23.9 Å². The van der Waals surface area contributed by atoms with Gasteiger partial charge in [0.2, 0.25) is 0 Å². The Hall–Kier alpha value is -4.32. The Morgan fingerprint density at radius 1 is 1.17 bits per heavy atom. The summed E-state index contributed by atoms with van der Waals surface area (Å²) >= 11 is 0. The van der Waals surface area contributed by atoms with Gasteiger partial charge >= 0.3 is 12.1 Å². The van der Waals surface area contributed by atoms with Crippen molar-refractivity contribution < 1.29 is 33.0 Å². The van der Waals surface area contributed by atoms with Crippen LogP contribution in [-0.4, -0.2) is 73.6 Å². The zero-order valence-electron chi connectivity index (χ0n) is 22.6. The van der Waals surface area contributed by atoms with Crippen LogP contribution in [0.3, 0.4) is 0 Å². The number of morpholine rings is 1. The normalized spacial score (nSPS) is 18.0. The summed E-state index contributed by atoms with van der Waals surface area (Å²) in [5, 5.41) is 13.9. The first kappa shape index (κ1) is 26.9. The number of nitrogens with zero attached hydrogens (tertiary/aromatic N) is 5. The van der Waals surface area contributed by atoms with Gasteiger partial charge in [-0.2, -0.15) is 5.10 Å². The van der Waals surface area contributed by atoms with Crippen LogP contribution in [0.1, 0.15) is 36.7 Å². The third-order valence-corrected chi connectivity index (χ3v) is 7.73. The summed E-state index contributed by atoms with van der Waals surface area (Å²) in [7, 11) is 0. The second-order valence-electron chi connectivity index (χ2n) is 10.5. The van der Waals surface area contributed by atoms with Crippen molar-refractivity contribution in [3.8, 4) is 16.9 Å². The van der Waals surface area contributed by atoms with E-state index >= 15 is 8.78 Å². The van der Waals surface area contributed by atoms with Crippen LogP contribution in [0.4, 0.5) is 13.6 Å². The van der Waals surface area contributed by atoms with E-state index in [2.05, 4.69) is 10.1 Å². The molecule has 2 fully saturated rings. The fourth-order valence-corrected chi connectivity index (χ4v) is 5.43. The molecule has 2 aliphatic rings. The number of hydrogen-bond donors (Lipinski definition) is 1. The molecule has 1 aliphatic carbocycles. The van der Waals surface area contributed by atoms with Crippen molar-refractivity contribution in [2.75, 3.05) is 26.3 Å². The lowest BCUT2D eigenvalue weighted by molar-refractivity contribution is -0.146. The average Bonchev–Trinajstić information content (AvgIpc) is 3.47. The molecule has 3 aromatic heterocycles. The monoisotopic (exact) mass is 565 g/mol. The first-order valence-corrected chi connectivity index (χ1v) is 13.5. The molecule has 1 aromatic carbocycles. The van der Waals surface area contributed by atoms with Gasteiger partial charge in [-0.1, -0.05) is 0 Å². The van der Waals surface area contributed by atoms with Crippen molar-refractivity contribution in [3.05, 3.63) is 71.3 Å². The molecular weight excluding hydrogens is 536 g/mol. The molecule has 10 nitrogen and oxygen atoms in total. The third-order valence-electron chi connectivity index (χ3n) is 7.73. The minimum absolute atomic E-state index is 0.119. The number of aromatic nitrogens is 4. The molecule has 1 atom stereocenters. The number of amides is 1. The van der Waals surface area contributed by atoms with E-state index in [-0.39, 0.29) is 55.6 Å². The fraction of sp³-hybridized carbons (Fsp3) is 0.379. The van der Waals surface area contributed by atoms with E-state index < -0.39 is 29.2 Å². The van der Waals surface area contributed by atoms with Crippen LogP contribution in [0.5, 0.6) is 0 Å². The van der Waals surface area contributed by atoms with Crippen molar-refractivity contribution in [3.63, 3.8) is 0 Å². The zero-order valence-corrected chi connectivity index (χ0v) is 22.6. The highest BCUT2D eigenvalue weighted by Crippen LogP contribution is 2.48. The molecule has 214 valence electrons. The van der Waals surface area contributed by atoms with Gasteiger partial charge in [0.1, 0.15) is 22.7 Å². The highest BCUT2D eigenvalue weighted by Gasteiger charge is 2.54. The van der Waals surface area contributed by atoms with Crippen molar-refractivity contribution in [2.24, 2.45) is 0 Å². The van der Waals surface area contributed by atoms with Crippen molar-refractivity contribution in [2.45, 2.75) is 44.6 Å². The Balaban J connectivity index is 1.37.